The number of unbranched alkanes of at least 4 members (excludes halogenated alkanes) is 12. The Morgan fingerprint density at radius 3 is 1.41 bits per heavy atom. The third kappa shape index (κ3) is 34.4. The molecule has 21 nitrogen and oxygen atoms in total. The number of aliphatic hydroxyl groups is 2. The molecule has 0 aliphatic carbocycles. The van der Waals surface area contributed by atoms with Crippen LogP contribution in [0.25, 0.3) is 0 Å². The number of rotatable bonds is 48. The maximum Gasteiger partial charge on any atom is 0.226 e. The van der Waals surface area contributed by atoms with Crippen molar-refractivity contribution in [3.05, 3.63) is 0 Å². The van der Waals surface area contributed by atoms with Gasteiger partial charge in [0.1, 0.15) is 11.8 Å². The number of hydrogen-bond acceptors (Lipinski definition) is 13. The number of nitrogens with one attached hydrogen (secondary N) is 4. The quantitative estimate of drug-likeness (QED) is 0.0236. The Labute approximate surface area is 453 Å². The molecule has 436 valence electrons. The highest BCUT2D eigenvalue weighted by molar-refractivity contribution is 5.97. The number of carbonyl (C=O) groups excluding carboxylic acids is 9. The van der Waals surface area contributed by atoms with E-state index in [4.69, 9.17) is 22.9 Å². The van der Waals surface area contributed by atoms with Crippen molar-refractivity contribution < 1.29 is 53.4 Å². The lowest BCUT2D eigenvalue weighted by Crippen LogP contribution is -2.49. The van der Waals surface area contributed by atoms with E-state index in [9.17, 15) is 53.4 Å². The van der Waals surface area contributed by atoms with E-state index in [1.807, 2.05) is 27.7 Å². The van der Waals surface area contributed by atoms with Crippen LogP contribution >= 0.6 is 0 Å². The van der Waals surface area contributed by atoms with Gasteiger partial charge in [-0.1, -0.05) is 118 Å². The fraction of sp³-hybridized carbons (Fsp3) is 0.800. The molecule has 21 heteroatoms. The van der Waals surface area contributed by atoms with Crippen molar-refractivity contribution in [1.82, 2.24) is 21.3 Å². The average Bonchev–Trinajstić information content (AvgIpc) is 3.36. The zero-order valence-corrected chi connectivity index (χ0v) is 47.1. The van der Waals surface area contributed by atoms with E-state index < -0.39 is 96.4 Å². The van der Waals surface area contributed by atoms with Crippen LogP contribution in [0.3, 0.4) is 0 Å². The number of nitrogens with two attached hydrogens (primary N) is 4. The van der Waals surface area contributed by atoms with E-state index in [0.29, 0.717) is 12.8 Å². The molecule has 4 amide bonds. The van der Waals surface area contributed by atoms with Crippen molar-refractivity contribution in [2.24, 2.45) is 68.4 Å². The zero-order chi connectivity index (χ0) is 57.4. The molecule has 14 N–H and O–H groups in total. The van der Waals surface area contributed by atoms with Gasteiger partial charge in [0.2, 0.25) is 23.6 Å². The molecule has 0 saturated carbocycles. The Hall–Kier alpha value is -5.31. The van der Waals surface area contributed by atoms with E-state index >= 15 is 0 Å². The van der Waals surface area contributed by atoms with Crippen LogP contribution in [0.15, 0.2) is 9.98 Å². The minimum atomic E-state index is -1.35. The topological polar surface area (TPSA) is 371 Å². The number of aliphatic hydroxyl groups excluding tert-OH is 2. The predicted molar refractivity (Wildman–Crippen MR) is 296 cm³/mol. The van der Waals surface area contributed by atoms with Crippen LogP contribution in [0, 0.1) is 35.5 Å². The largest absolute Gasteiger partial charge is 0.396 e. The van der Waals surface area contributed by atoms with Gasteiger partial charge in [-0.2, -0.15) is 0 Å². The van der Waals surface area contributed by atoms with Crippen molar-refractivity contribution in [3.8, 4) is 0 Å². The van der Waals surface area contributed by atoms with Crippen LogP contribution < -0.4 is 44.2 Å². The van der Waals surface area contributed by atoms with Crippen LogP contribution in [-0.2, 0) is 43.2 Å². The van der Waals surface area contributed by atoms with Crippen LogP contribution in [0.4, 0.5) is 0 Å². The Bertz CT molecular complexity index is 1820. The first-order valence-corrected chi connectivity index (χ1v) is 28.2. The summed E-state index contributed by atoms with van der Waals surface area (Å²) >= 11 is 0. The number of hydrogen-bond donors (Lipinski definition) is 10. The molecule has 0 aliphatic rings. The highest BCUT2D eigenvalue weighted by atomic mass is 16.3. The van der Waals surface area contributed by atoms with E-state index in [1.165, 1.54) is 64.7 Å². The van der Waals surface area contributed by atoms with Crippen molar-refractivity contribution in [2.45, 2.75) is 208 Å². The highest BCUT2D eigenvalue weighted by Gasteiger charge is 2.34. The zero-order valence-electron chi connectivity index (χ0n) is 47.1. The molecule has 7 atom stereocenters. The molecule has 0 aromatic heterocycles. The van der Waals surface area contributed by atoms with Gasteiger partial charge in [0, 0.05) is 62.9 Å². The lowest BCUT2D eigenvalue weighted by Gasteiger charge is -2.26. The number of aliphatic imine (C=N–C) groups is 2. The predicted octanol–water partition coefficient (Wildman–Crippen LogP) is 3.74. The van der Waals surface area contributed by atoms with E-state index in [-0.39, 0.29) is 119 Å². The van der Waals surface area contributed by atoms with Crippen LogP contribution in [0.2, 0.25) is 0 Å². The van der Waals surface area contributed by atoms with Gasteiger partial charge < -0.3 is 54.4 Å². The fourth-order valence-corrected chi connectivity index (χ4v) is 8.92. The molecule has 76 heavy (non-hydrogen) atoms. The highest BCUT2D eigenvalue weighted by Crippen LogP contribution is 2.23. The van der Waals surface area contributed by atoms with Crippen molar-refractivity contribution in [1.29, 1.82) is 0 Å². The molecule has 0 fully saturated rings. The summed E-state index contributed by atoms with van der Waals surface area (Å²) in [5.41, 5.74) is 22.0. The van der Waals surface area contributed by atoms with Gasteiger partial charge >= 0.3 is 0 Å². The van der Waals surface area contributed by atoms with E-state index in [2.05, 4.69) is 38.2 Å². The fourth-order valence-electron chi connectivity index (χ4n) is 8.92. The number of amides is 4. The third-order valence-electron chi connectivity index (χ3n) is 13.8. The summed E-state index contributed by atoms with van der Waals surface area (Å²) in [6.45, 7) is 8.98. The van der Waals surface area contributed by atoms with Crippen LogP contribution in [0.5, 0.6) is 0 Å². The van der Waals surface area contributed by atoms with Gasteiger partial charge in [0.05, 0.1) is 38.3 Å². The van der Waals surface area contributed by atoms with Crippen molar-refractivity contribution in [3.63, 3.8) is 0 Å². The monoisotopic (exact) mass is 1080 g/mol. The summed E-state index contributed by atoms with van der Waals surface area (Å²) in [6, 6.07) is -2.47. The van der Waals surface area contributed by atoms with E-state index in [1.54, 1.807) is 0 Å². The lowest BCUT2D eigenvalue weighted by molar-refractivity contribution is -0.136. The summed E-state index contributed by atoms with van der Waals surface area (Å²) in [6.07, 6.45) is 15.8. The Balaban J connectivity index is 5.73. The molecule has 0 rings (SSSR count). The second-order valence-corrected chi connectivity index (χ2v) is 21.0. The minimum absolute atomic E-state index is 0.0844. The molecule has 0 radical (unpaired) electrons. The number of guanidine groups is 2. The molecule has 0 heterocycles. The number of Topliss-reactive ketones (excluding diaryl/α,β-unsaturated/α-hetero) is 5. The first-order chi connectivity index (χ1) is 36.1. The molecule has 0 aromatic carbocycles. The third-order valence-corrected chi connectivity index (χ3v) is 13.8. The molecule has 0 saturated heterocycles. The number of ketones is 5. The molecular weight excluding hydrogens is 977 g/mol. The summed E-state index contributed by atoms with van der Waals surface area (Å²) in [5, 5.41) is 30.6. The smallest absolute Gasteiger partial charge is 0.226 e. The SMILES string of the molecule is CCCCCCCCCCCCCCCC(=O)NCC(=O)C[C@@H](CO)C(=O)NCC(=O)C[C@@H](CCCN=C(N)N)C(=O)N[C@@H](CC(C)C)C(=O)C[C@@H](CCCN=C(N)N)C(=O)N[C@@H](CO)C(=O)C[C@H](C(C)=O)[C@@H](C)CC. The molecule has 0 spiro atoms. The lowest BCUT2D eigenvalue weighted by atomic mass is 9.83. The van der Waals surface area contributed by atoms with E-state index in [0.717, 1.165) is 19.3 Å². The summed E-state index contributed by atoms with van der Waals surface area (Å²) in [4.78, 5) is 127. The summed E-state index contributed by atoms with van der Waals surface area (Å²) in [7, 11) is 0. The Kier molecular flexibility index (Phi) is 39.8. The van der Waals surface area contributed by atoms with Crippen LogP contribution in [0.1, 0.15) is 196 Å². The number of nitrogens with zero attached hydrogens (tertiary/aromatic N) is 2. The first-order valence-electron chi connectivity index (χ1n) is 28.2. The molecular formula is C55H100N10O11. The van der Waals surface area contributed by atoms with Crippen molar-refractivity contribution in [2.75, 3.05) is 39.4 Å². The molecule has 0 aliphatic heterocycles. The van der Waals surface area contributed by atoms with Gasteiger partial charge in [0.15, 0.2) is 35.1 Å². The molecule has 0 unspecified atom stereocenters. The molecule has 0 bridgehead atoms. The molecule has 0 aromatic rings. The van der Waals surface area contributed by atoms with Gasteiger partial charge in [0.25, 0.3) is 0 Å². The summed E-state index contributed by atoms with van der Waals surface area (Å²) in [5.74, 6) is -9.15. The second kappa shape index (κ2) is 42.8. The Morgan fingerprint density at radius 2 is 0.961 bits per heavy atom. The van der Waals surface area contributed by atoms with Crippen LogP contribution in [-0.4, -0.2) is 126 Å². The average molecular weight is 1080 g/mol. The van der Waals surface area contributed by atoms with Gasteiger partial charge in [-0.3, -0.25) is 53.1 Å². The minimum Gasteiger partial charge on any atom is -0.396 e. The van der Waals surface area contributed by atoms with Gasteiger partial charge in [-0.05, 0) is 57.3 Å². The van der Waals surface area contributed by atoms with Gasteiger partial charge in [-0.15, -0.1) is 0 Å². The normalized spacial score (nSPS) is 14.0. The van der Waals surface area contributed by atoms with Gasteiger partial charge in [-0.25, -0.2) is 0 Å². The second-order valence-electron chi connectivity index (χ2n) is 21.0. The van der Waals surface area contributed by atoms with Crippen molar-refractivity contribution >= 4 is 64.5 Å². The summed E-state index contributed by atoms with van der Waals surface area (Å²) < 4.78 is 0. The maximum atomic E-state index is 14.2. The maximum absolute atomic E-state index is 14.2. The number of carbonyl (C=O) groups is 9. The first kappa shape index (κ1) is 70.7. The standard InChI is InChI=1S/C55H100N10O11/c1-7-9-10-11-12-13-14-15-16-17-18-19-20-25-50(73)62-33-44(70)30-42(35-66)51(74)63-34-43(69)29-40(23-21-26-60-54(56)57)52(75)64-46(28-37(3)4)48(71)31-41(24-22-27-61-55(58)59)53(76)65-47(36-67)49(72)32-45(39(6)68)38(5)8-2/h37-38,40-42,45-47,66-67H,7-36H2,1-6H3,(H,62,73)(H,63,74)(H,64,75)(H,65,76)(H4,56,57,60)(H4,58,59,61)/t38-,40+,41+,42-,45-,46-,47-/m0/s1. The Morgan fingerprint density at radius 1 is 0.513 bits per heavy atom.